The minimum Gasteiger partial charge on any atom is -0.373 e. The van der Waals surface area contributed by atoms with Gasteiger partial charge in [0.15, 0.2) is 0 Å². The van der Waals surface area contributed by atoms with Crippen molar-refractivity contribution in [2.75, 3.05) is 0 Å². The number of aliphatic imine (C=N–C) groups is 1. The summed E-state index contributed by atoms with van der Waals surface area (Å²) in [5, 5.41) is 0. The first-order valence-electron chi connectivity index (χ1n) is 4.84. The van der Waals surface area contributed by atoms with Gasteiger partial charge in [0.05, 0.1) is 11.2 Å². The summed E-state index contributed by atoms with van der Waals surface area (Å²) in [5.74, 6) is 0. The molecule has 1 aromatic heterocycles. The van der Waals surface area contributed by atoms with Gasteiger partial charge in [-0.1, -0.05) is 6.07 Å². The van der Waals surface area contributed by atoms with E-state index in [2.05, 4.69) is 30.7 Å². The molecule has 0 bridgehead atoms. The number of pyridine rings is 1. The maximum absolute atomic E-state index is 6.75. The maximum Gasteiger partial charge on any atom is 2.00 e. The van der Waals surface area contributed by atoms with Crippen molar-refractivity contribution in [2.45, 2.75) is 26.3 Å². The van der Waals surface area contributed by atoms with E-state index >= 15 is 0 Å². The second kappa shape index (κ2) is 14.0. The fourth-order valence-corrected chi connectivity index (χ4v) is 0.712. The average Bonchev–Trinajstić information content (AvgIpc) is 2.29. The largest absolute Gasteiger partial charge is 2.00 e. The first-order chi connectivity index (χ1) is 8.41. The van der Waals surface area contributed by atoms with E-state index in [1.54, 1.807) is 12.4 Å². The van der Waals surface area contributed by atoms with Crippen LogP contribution < -0.4 is 0 Å². The fraction of sp³-hybridized carbons (Fsp3) is 0.400. The van der Waals surface area contributed by atoms with E-state index in [1.807, 2.05) is 18.2 Å². The molecule has 19 heavy (non-hydrogen) atoms. The van der Waals surface area contributed by atoms with E-state index in [0.717, 1.165) is 5.69 Å². The fourth-order valence-electron chi connectivity index (χ4n) is 0.712. The monoisotopic (exact) mass is 309 g/mol. The SMILES string of the molecule is CC(C)(C)N=Cc1ccccn1.[Cu+2].[N-]=[N+]=[N-].[N-]=[N+]=[N-]. The minimum atomic E-state index is -0.0163. The summed E-state index contributed by atoms with van der Waals surface area (Å²) in [4.78, 5) is 11.5. The number of hydrogen-bond acceptors (Lipinski definition) is 2. The van der Waals surface area contributed by atoms with Crippen LogP contribution in [-0.4, -0.2) is 16.7 Å². The second-order valence-electron chi connectivity index (χ2n) is 3.86. The van der Waals surface area contributed by atoms with Crippen molar-refractivity contribution < 1.29 is 17.1 Å². The van der Waals surface area contributed by atoms with Gasteiger partial charge in [-0.05, 0) is 32.9 Å². The predicted molar refractivity (Wildman–Crippen MR) is 71.7 cm³/mol. The van der Waals surface area contributed by atoms with Crippen molar-refractivity contribution in [3.05, 3.63) is 62.0 Å². The van der Waals surface area contributed by atoms with Crippen LogP contribution in [0, 0.1) is 0 Å². The molecule has 0 fully saturated rings. The second-order valence-corrected chi connectivity index (χ2v) is 3.86. The Morgan fingerprint density at radius 2 is 1.58 bits per heavy atom. The van der Waals surface area contributed by atoms with Crippen molar-refractivity contribution in [1.29, 1.82) is 0 Å². The summed E-state index contributed by atoms with van der Waals surface area (Å²) in [5.41, 5.74) is 27.9. The zero-order valence-corrected chi connectivity index (χ0v) is 11.7. The van der Waals surface area contributed by atoms with Crippen molar-refractivity contribution in [1.82, 2.24) is 4.98 Å². The van der Waals surface area contributed by atoms with Gasteiger partial charge >= 0.3 is 17.1 Å². The first kappa shape index (κ1) is 22.2. The Morgan fingerprint density at radius 1 is 1.11 bits per heavy atom. The van der Waals surface area contributed by atoms with E-state index in [4.69, 9.17) is 22.1 Å². The molecule has 0 saturated carbocycles. The molecule has 0 aliphatic rings. The van der Waals surface area contributed by atoms with Crippen LogP contribution in [0.15, 0.2) is 29.4 Å². The summed E-state index contributed by atoms with van der Waals surface area (Å²) in [6, 6.07) is 5.79. The van der Waals surface area contributed by atoms with Gasteiger partial charge in [-0.15, -0.1) is 0 Å². The molecule has 105 valence electrons. The summed E-state index contributed by atoms with van der Waals surface area (Å²) >= 11 is 0. The molecule has 0 saturated heterocycles. The van der Waals surface area contributed by atoms with Gasteiger partial charge in [-0.2, -0.15) is 0 Å². The molecular weight excluding hydrogens is 296 g/mol. The third-order valence-electron chi connectivity index (χ3n) is 1.27. The standard InChI is InChI=1S/C10H14N2.Cu.2N3/c1-10(2,3)12-8-9-6-4-5-7-11-9;;2*1-3-2/h4-8H,1-3H3;;;/q;+2;2*-1. The van der Waals surface area contributed by atoms with Crippen LogP contribution in [0.4, 0.5) is 0 Å². The van der Waals surface area contributed by atoms with Crippen LogP contribution in [0.1, 0.15) is 26.5 Å². The number of rotatable bonds is 1. The minimum absolute atomic E-state index is 0. The maximum atomic E-state index is 6.75. The molecule has 1 rings (SSSR count). The van der Waals surface area contributed by atoms with Crippen LogP contribution in [0.5, 0.6) is 0 Å². The van der Waals surface area contributed by atoms with E-state index in [9.17, 15) is 0 Å². The predicted octanol–water partition coefficient (Wildman–Crippen LogP) is 4.03. The molecule has 8 nitrogen and oxygen atoms in total. The summed E-state index contributed by atoms with van der Waals surface area (Å²) in [6.07, 6.45) is 3.57. The summed E-state index contributed by atoms with van der Waals surface area (Å²) in [6.45, 7) is 6.19. The summed E-state index contributed by atoms with van der Waals surface area (Å²) in [7, 11) is 0. The molecule has 0 aliphatic heterocycles. The third kappa shape index (κ3) is 21.7. The molecule has 0 unspecified atom stereocenters. The molecule has 0 aliphatic carbocycles. The third-order valence-corrected chi connectivity index (χ3v) is 1.27. The Balaban J connectivity index is -0.000000314. The van der Waals surface area contributed by atoms with E-state index in [-0.39, 0.29) is 22.6 Å². The number of hydrogen-bond donors (Lipinski definition) is 0. The number of nitrogens with zero attached hydrogens (tertiary/aromatic N) is 8. The van der Waals surface area contributed by atoms with Crippen molar-refractivity contribution in [3.63, 3.8) is 0 Å². The quantitative estimate of drug-likeness (QED) is 0.249. The van der Waals surface area contributed by atoms with Gasteiger partial charge in [0.2, 0.25) is 0 Å². The van der Waals surface area contributed by atoms with E-state index in [1.165, 1.54) is 9.82 Å². The molecule has 0 spiro atoms. The molecule has 0 aromatic carbocycles. The topological polar surface area (TPSA) is 143 Å². The van der Waals surface area contributed by atoms with Crippen molar-refractivity contribution in [3.8, 4) is 0 Å². The van der Waals surface area contributed by atoms with E-state index in [0.29, 0.717) is 0 Å². The Kier molecular flexibility index (Phi) is 16.4. The van der Waals surface area contributed by atoms with Gasteiger partial charge in [-0.3, -0.25) is 19.8 Å². The molecular formula is C10H14CuN8. The summed E-state index contributed by atoms with van der Waals surface area (Å²) < 4.78 is 0. The number of aromatic nitrogens is 1. The van der Waals surface area contributed by atoms with Gasteiger partial charge in [-0.25, -0.2) is 0 Å². The van der Waals surface area contributed by atoms with Crippen LogP contribution in [0.3, 0.4) is 0 Å². The van der Waals surface area contributed by atoms with Gasteiger partial charge < -0.3 is 22.1 Å². The molecule has 1 heterocycles. The molecule has 0 N–H and O–H groups in total. The Morgan fingerprint density at radius 3 is 1.89 bits per heavy atom. The zero-order valence-electron chi connectivity index (χ0n) is 10.8. The Labute approximate surface area is 122 Å². The van der Waals surface area contributed by atoms with Gasteiger partial charge in [0.1, 0.15) is 0 Å². The average molecular weight is 310 g/mol. The molecule has 0 atom stereocenters. The molecule has 1 aromatic rings. The van der Waals surface area contributed by atoms with E-state index < -0.39 is 0 Å². The van der Waals surface area contributed by atoms with Crippen molar-refractivity contribution >= 4 is 6.21 Å². The van der Waals surface area contributed by atoms with Crippen molar-refractivity contribution in [2.24, 2.45) is 4.99 Å². The molecule has 1 radical (unpaired) electrons. The first-order valence-corrected chi connectivity index (χ1v) is 4.84. The van der Waals surface area contributed by atoms with Gasteiger partial charge in [0, 0.05) is 12.4 Å². The van der Waals surface area contributed by atoms with Crippen LogP contribution in [0.2, 0.25) is 0 Å². The van der Waals surface area contributed by atoms with Crippen LogP contribution in [-0.2, 0) is 17.1 Å². The van der Waals surface area contributed by atoms with Crippen LogP contribution >= 0.6 is 0 Å². The smallest absolute Gasteiger partial charge is 0.373 e. The zero-order chi connectivity index (χ0) is 14.4. The Hall–Kier alpha value is -2.04. The Bertz CT molecular complexity index is 399. The molecule has 9 heteroatoms. The molecule has 0 amide bonds. The van der Waals surface area contributed by atoms with Gasteiger partial charge in [0.25, 0.3) is 0 Å². The van der Waals surface area contributed by atoms with Crippen LogP contribution in [0.25, 0.3) is 31.9 Å². The normalized spacial score (nSPS) is 8.58.